The van der Waals surface area contributed by atoms with Gasteiger partial charge >= 0.3 is 6.61 Å². The van der Waals surface area contributed by atoms with Crippen molar-refractivity contribution in [3.8, 4) is 11.5 Å². The van der Waals surface area contributed by atoms with E-state index in [0.29, 0.717) is 11.1 Å². The predicted molar refractivity (Wildman–Crippen MR) is 106 cm³/mol. The lowest BCUT2D eigenvalue weighted by atomic mass is 9.98. The molecule has 3 aromatic rings. The number of hydrogen-bond acceptors (Lipinski definition) is 3. The normalized spacial score (nSPS) is 11.8. The topological polar surface area (TPSA) is 47.6 Å². The van der Waals surface area contributed by atoms with Crippen molar-refractivity contribution in [1.82, 2.24) is 5.32 Å². The molecule has 156 valence electrons. The van der Waals surface area contributed by atoms with Crippen LogP contribution in [0.4, 0.5) is 13.2 Å². The molecular formula is C23H20F3NO3. The fourth-order valence-electron chi connectivity index (χ4n) is 3.06. The lowest BCUT2D eigenvalue weighted by Gasteiger charge is -2.20. The summed E-state index contributed by atoms with van der Waals surface area (Å²) in [5.41, 5.74) is 2.00. The minimum atomic E-state index is -2.91. The fraction of sp³-hybridized carbons (Fsp3) is 0.174. The smallest absolute Gasteiger partial charge is 0.387 e. The minimum Gasteiger partial charge on any atom is -0.494 e. The Hall–Kier alpha value is -3.48. The highest BCUT2D eigenvalue weighted by Crippen LogP contribution is 2.25. The van der Waals surface area contributed by atoms with E-state index < -0.39 is 18.5 Å². The largest absolute Gasteiger partial charge is 0.494 e. The Morgan fingerprint density at radius 2 is 1.63 bits per heavy atom. The number of nitrogens with one attached hydrogen (secondary N) is 1. The lowest BCUT2D eigenvalue weighted by Crippen LogP contribution is -2.30. The number of benzene rings is 3. The Morgan fingerprint density at radius 3 is 2.23 bits per heavy atom. The van der Waals surface area contributed by atoms with Crippen LogP contribution in [0.3, 0.4) is 0 Å². The van der Waals surface area contributed by atoms with E-state index in [1.54, 1.807) is 18.2 Å². The third kappa shape index (κ3) is 5.53. The molecule has 1 unspecified atom stereocenters. The van der Waals surface area contributed by atoms with Gasteiger partial charge in [-0.05, 0) is 41.0 Å². The summed E-state index contributed by atoms with van der Waals surface area (Å²) in [6.07, 6.45) is -0.0309. The number of methoxy groups -OCH3 is 1. The summed E-state index contributed by atoms with van der Waals surface area (Å²) in [6.45, 7) is -2.91. The summed E-state index contributed by atoms with van der Waals surface area (Å²) >= 11 is 0. The molecule has 0 aliphatic carbocycles. The van der Waals surface area contributed by atoms with Crippen LogP contribution in [0.5, 0.6) is 11.5 Å². The molecule has 0 spiro atoms. The summed E-state index contributed by atoms with van der Waals surface area (Å²) < 4.78 is 47.9. The zero-order chi connectivity index (χ0) is 21.5. The van der Waals surface area contributed by atoms with Gasteiger partial charge < -0.3 is 14.8 Å². The quantitative estimate of drug-likeness (QED) is 0.570. The van der Waals surface area contributed by atoms with Crippen molar-refractivity contribution >= 4 is 5.91 Å². The maximum Gasteiger partial charge on any atom is 0.387 e. The van der Waals surface area contributed by atoms with Crippen molar-refractivity contribution in [1.29, 1.82) is 0 Å². The molecule has 0 fully saturated rings. The number of alkyl halides is 2. The van der Waals surface area contributed by atoms with Crippen molar-refractivity contribution in [2.75, 3.05) is 7.11 Å². The molecular weight excluding hydrogens is 395 g/mol. The van der Waals surface area contributed by atoms with Crippen LogP contribution < -0.4 is 14.8 Å². The van der Waals surface area contributed by atoms with Crippen molar-refractivity contribution < 1.29 is 27.4 Å². The Morgan fingerprint density at radius 1 is 0.967 bits per heavy atom. The molecule has 4 nitrogen and oxygen atoms in total. The summed E-state index contributed by atoms with van der Waals surface area (Å²) in [6, 6.07) is 19.1. The van der Waals surface area contributed by atoms with Gasteiger partial charge in [-0.1, -0.05) is 48.5 Å². The summed E-state index contributed by atoms with van der Waals surface area (Å²) in [4.78, 5) is 12.7. The Bertz CT molecular complexity index is 979. The van der Waals surface area contributed by atoms with Gasteiger partial charge in [-0.3, -0.25) is 4.79 Å². The van der Waals surface area contributed by atoms with E-state index in [1.165, 1.54) is 31.4 Å². The third-order valence-electron chi connectivity index (χ3n) is 4.46. The molecule has 0 radical (unpaired) electrons. The molecule has 0 bridgehead atoms. The van der Waals surface area contributed by atoms with Gasteiger partial charge in [0.1, 0.15) is 5.75 Å². The number of carbonyl (C=O) groups excluding carboxylic acids is 1. The molecule has 0 aromatic heterocycles. The lowest BCUT2D eigenvalue weighted by molar-refractivity contribution is -0.120. The SMILES string of the molecule is COc1ccc(CC(=O)NC(c2ccccc2)c2ccc(OC(F)F)cc2)cc1F. The fourth-order valence-corrected chi connectivity index (χ4v) is 3.06. The van der Waals surface area contributed by atoms with Gasteiger partial charge in [0, 0.05) is 0 Å². The summed E-state index contributed by atoms with van der Waals surface area (Å²) in [7, 11) is 1.37. The highest BCUT2D eigenvalue weighted by atomic mass is 19.3. The Balaban J connectivity index is 1.79. The van der Waals surface area contributed by atoms with Crippen molar-refractivity contribution in [3.05, 3.63) is 95.3 Å². The molecule has 30 heavy (non-hydrogen) atoms. The van der Waals surface area contributed by atoms with E-state index >= 15 is 0 Å². The minimum absolute atomic E-state index is 0.0283. The van der Waals surface area contributed by atoms with E-state index in [2.05, 4.69) is 10.1 Å². The molecule has 1 amide bonds. The van der Waals surface area contributed by atoms with E-state index in [4.69, 9.17) is 4.74 Å². The standard InChI is InChI=1S/C23H20F3NO3/c1-29-20-12-7-15(13-19(20)24)14-21(28)27-22(16-5-3-2-4-6-16)17-8-10-18(11-9-17)30-23(25)26/h2-13,22-23H,14H2,1H3,(H,27,28). The third-order valence-corrected chi connectivity index (χ3v) is 4.46. The van der Waals surface area contributed by atoms with Crippen LogP contribution in [0, 0.1) is 5.82 Å². The van der Waals surface area contributed by atoms with Crippen molar-refractivity contribution in [2.24, 2.45) is 0 Å². The first-order valence-corrected chi connectivity index (χ1v) is 9.17. The zero-order valence-corrected chi connectivity index (χ0v) is 16.1. The molecule has 7 heteroatoms. The van der Waals surface area contributed by atoms with Crippen molar-refractivity contribution in [2.45, 2.75) is 19.1 Å². The highest BCUT2D eigenvalue weighted by Gasteiger charge is 2.18. The summed E-state index contributed by atoms with van der Waals surface area (Å²) in [5.74, 6) is -0.730. The van der Waals surface area contributed by atoms with E-state index in [1.807, 2.05) is 30.3 Å². The summed E-state index contributed by atoms with van der Waals surface area (Å²) in [5, 5.41) is 2.92. The monoisotopic (exact) mass is 415 g/mol. The number of ether oxygens (including phenoxy) is 2. The number of amides is 1. The van der Waals surface area contributed by atoms with Crippen LogP contribution in [0.25, 0.3) is 0 Å². The van der Waals surface area contributed by atoms with Crippen LogP contribution in [-0.4, -0.2) is 19.6 Å². The van der Waals surface area contributed by atoms with Gasteiger partial charge in [-0.2, -0.15) is 8.78 Å². The van der Waals surface area contributed by atoms with E-state index in [-0.39, 0.29) is 23.8 Å². The molecule has 0 saturated carbocycles. The number of carbonyl (C=O) groups is 1. The van der Waals surface area contributed by atoms with Crippen LogP contribution in [0.2, 0.25) is 0 Å². The second-order valence-corrected chi connectivity index (χ2v) is 6.50. The Labute approximate surface area is 172 Å². The molecule has 0 aliphatic heterocycles. The first-order chi connectivity index (χ1) is 14.5. The average molecular weight is 415 g/mol. The molecule has 1 N–H and O–H groups in total. The van der Waals surface area contributed by atoms with Gasteiger partial charge in [-0.25, -0.2) is 4.39 Å². The molecule has 3 rings (SSSR count). The van der Waals surface area contributed by atoms with Crippen LogP contribution in [0.1, 0.15) is 22.7 Å². The van der Waals surface area contributed by atoms with Crippen LogP contribution >= 0.6 is 0 Å². The molecule has 0 heterocycles. The number of hydrogen-bond donors (Lipinski definition) is 1. The van der Waals surface area contributed by atoms with Crippen LogP contribution in [-0.2, 0) is 11.2 Å². The number of halogens is 3. The zero-order valence-electron chi connectivity index (χ0n) is 16.1. The second kappa shape index (κ2) is 9.82. The highest BCUT2D eigenvalue weighted by molar-refractivity contribution is 5.79. The first kappa shape index (κ1) is 21.2. The second-order valence-electron chi connectivity index (χ2n) is 6.50. The average Bonchev–Trinajstić information content (AvgIpc) is 2.73. The number of rotatable bonds is 8. The van der Waals surface area contributed by atoms with Gasteiger partial charge in [0.15, 0.2) is 11.6 Å². The molecule has 3 aromatic carbocycles. The van der Waals surface area contributed by atoms with Gasteiger partial charge in [0.05, 0.1) is 19.6 Å². The Kier molecular flexibility index (Phi) is 6.95. The molecule has 0 saturated heterocycles. The maximum absolute atomic E-state index is 13.9. The predicted octanol–water partition coefficient (Wildman–Crippen LogP) is 4.88. The molecule has 0 aliphatic rings. The molecule has 1 atom stereocenters. The van der Waals surface area contributed by atoms with Crippen molar-refractivity contribution in [3.63, 3.8) is 0 Å². The van der Waals surface area contributed by atoms with Gasteiger partial charge in [0.2, 0.25) is 5.91 Å². The van der Waals surface area contributed by atoms with Gasteiger partial charge in [0.25, 0.3) is 0 Å². The van der Waals surface area contributed by atoms with E-state index in [9.17, 15) is 18.0 Å². The van der Waals surface area contributed by atoms with E-state index in [0.717, 1.165) is 5.56 Å². The van der Waals surface area contributed by atoms with Crippen LogP contribution in [0.15, 0.2) is 72.8 Å². The maximum atomic E-state index is 13.9. The van der Waals surface area contributed by atoms with Gasteiger partial charge in [-0.15, -0.1) is 0 Å². The first-order valence-electron chi connectivity index (χ1n) is 9.17.